The van der Waals surface area contributed by atoms with Crippen LogP contribution in [0.15, 0.2) is 33.5 Å². The molecular formula is C23H23BrN2O8. The number of nitrogens with two attached hydrogens (primary N) is 1. The van der Waals surface area contributed by atoms with Crippen LogP contribution in [0.2, 0.25) is 0 Å². The SMILES string of the molecule is COC(=O)c1c(-c2cc(Br)c(OC)c(OC)c2)c2cc(OC)c(OC)cc2c(=O)n1CC(N)=O. The second-order valence-electron chi connectivity index (χ2n) is 7.02. The Labute approximate surface area is 203 Å². The highest BCUT2D eigenvalue weighted by molar-refractivity contribution is 9.10. The van der Waals surface area contributed by atoms with Gasteiger partial charge in [-0.3, -0.25) is 14.2 Å². The maximum Gasteiger partial charge on any atom is 0.355 e. The number of primary amides is 1. The number of fused-ring (bicyclic) bond motifs is 1. The average molecular weight is 535 g/mol. The van der Waals surface area contributed by atoms with Gasteiger partial charge >= 0.3 is 5.97 Å². The first-order valence-corrected chi connectivity index (χ1v) is 10.6. The van der Waals surface area contributed by atoms with Crippen molar-refractivity contribution in [2.45, 2.75) is 6.54 Å². The fraction of sp³-hybridized carbons (Fsp3) is 0.261. The van der Waals surface area contributed by atoms with Crippen LogP contribution in [-0.2, 0) is 16.1 Å². The predicted octanol–water partition coefficient (Wildman–Crippen LogP) is 2.74. The first kappa shape index (κ1) is 24.9. The first-order chi connectivity index (χ1) is 16.2. The van der Waals surface area contributed by atoms with E-state index in [1.54, 1.807) is 18.2 Å². The molecule has 11 heteroatoms. The monoisotopic (exact) mass is 534 g/mol. The van der Waals surface area contributed by atoms with Crippen molar-refractivity contribution in [3.05, 3.63) is 44.8 Å². The number of carbonyl (C=O) groups is 2. The van der Waals surface area contributed by atoms with Gasteiger partial charge in [0, 0.05) is 10.9 Å². The highest BCUT2D eigenvalue weighted by Crippen LogP contribution is 2.43. The summed E-state index contributed by atoms with van der Waals surface area (Å²) in [5.41, 5.74) is 5.39. The van der Waals surface area contributed by atoms with Gasteiger partial charge in [0.05, 0.1) is 45.4 Å². The van der Waals surface area contributed by atoms with Crippen LogP contribution in [0.4, 0.5) is 0 Å². The second kappa shape index (κ2) is 10.0. The second-order valence-corrected chi connectivity index (χ2v) is 7.87. The van der Waals surface area contributed by atoms with Crippen molar-refractivity contribution < 1.29 is 33.3 Å². The Morgan fingerprint density at radius 1 is 0.882 bits per heavy atom. The molecule has 1 heterocycles. The van der Waals surface area contributed by atoms with E-state index in [4.69, 9.17) is 29.4 Å². The summed E-state index contributed by atoms with van der Waals surface area (Å²) in [4.78, 5) is 38.3. The molecule has 0 unspecified atom stereocenters. The number of carbonyl (C=O) groups excluding carboxylic acids is 2. The van der Waals surface area contributed by atoms with Crippen molar-refractivity contribution in [1.29, 1.82) is 0 Å². The smallest absolute Gasteiger partial charge is 0.355 e. The van der Waals surface area contributed by atoms with Crippen molar-refractivity contribution >= 4 is 38.6 Å². The van der Waals surface area contributed by atoms with Crippen molar-refractivity contribution in [2.24, 2.45) is 5.73 Å². The molecule has 0 aliphatic heterocycles. The Balaban J connectivity index is 2.63. The number of hydrogen-bond acceptors (Lipinski definition) is 8. The van der Waals surface area contributed by atoms with Gasteiger partial charge in [-0.05, 0) is 45.8 Å². The Morgan fingerprint density at radius 3 is 1.97 bits per heavy atom. The molecule has 0 aliphatic rings. The number of ether oxygens (including phenoxy) is 5. The highest BCUT2D eigenvalue weighted by atomic mass is 79.9. The number of hydrogen-bond donors (Lipinski definition) is 1. The van der Waals surface area contributed by atoms with E-state index in [0.717, 1.165) is 4.57 Å². The number of nitrogens with zero attached hydrogens (tertiary/aromatic N) is 1. The number of halogens is 1. The van der Waals surface area contributed by atoms with Crippen LogP contribution >= 0.6 is 15.9 Å². The molecule has 0 aliphatic carbocycles. The van der Waals surface area contributed by atoms with Gasteiger partial charge in [-0.1, -0.05) is 0 Å². The lowest BCUT2D eigenvalue weighted by Gasteiger charge is -2.20. The maximum atomic E-state index is 13.4. The number of pyridine rings is 1. The Hall–Kier alpha value is -3.73. The number of rotatable bonds is 8. The highest BCUT2D eigenvalue weighted by Gasteiger charge is 2.27. The number of aromatic nitrogens is 1. The minimum atomic E-state index is -0.837. The molecule has 0 spiro atoms. The summed E-state index contributed by atoms with van der Waals surface area (Å²) in [6.07, 6.45) is 0. The standard InChI is InChI=1S/C23H23BrN2O8/c1-30-15-8-12-13(9-16(15)31-2)22(28)26(10-18(25)27)20(23(29)34-5)19(12)11-6-14(24)21(33-4)17(7-11)32-3/h6-9H,10H2,1-5H3,(H2,25,27). The zero-order valence-corrected chi connectivity index (χ0v) is 20.8. The van der Waals surface area contributed by atoms with E-state index in [9.17, 15) is 14.4 Å². The van der Waals surface area contributed by atoms with E-state index in [-0.39, 0.29) is 11.1 Å². The van der Waals surface area contributed by atoms with Gasteiger partial charge in [-0.2, -0.15) is 0 Å². The molecule has 0 radical (unpaired) electrons. The zero-order chi connectivity index (χ0) is 25.2. The minimum absolute atomic E-state index is 0.162. The molecule has 0 atom stereocenters. The number of esters is 1. The quantitative estimate of drug-likeness (QED) is 0.437. The molecule has 180 valence electrons. The van der Waals surface area contributed by atoms with Gasteiger partial charge < -0.3 is 29.4 Å². The van der Waals surface area contributed by atoms with E-state index < -0.39 is 24.0 Å². The molecule has 3 rings (SSSR count). The summed E-state index contributed by atoms with van der Waals surface area (Å²) in [7, 11) is 7.01. The van der Waals surface area contributed by atoms with E-state index in [2.05, 4.69) is 15.9 Å². The van der Waals surface area contributed by atoms with Crippen molar-refractivity contribution in [1.82, 2.24) is 4.57 Å². The van der Waals surface area contributed by atoms with Crippen LogP contribution in [0, 0.1) is 0 Å². The van der Waals surface area contributed by atoms with E-state index in [0.29, 0.717) is 44.0 Å². The molecule has 1 amide bonds. The van der Waals surface area contributed by atoms with Crippen molar-refractivity contribution in [3.63, 3.8) is 0 Å². The molecule has 0 saturated carbocycles. The number of benzene rings is 2. The van der Waals surface area contributed by atoms with Crippen molar-refractivity contribution in [2.75, 3.05) is 35.5 Å². The van der Waals surface area contributed by atoms with E-state index in [1.165, 1.54) is 41.6 Å². The largest absolute Gasteiger partial charge is 0.493 e. The van der Waals surface area contributed by atoms with Gasteiger partial charge in [0.25, 0.3) is 5.56 Å². The van der Waals surface area contributed by atoms with E-state index >= 15 is 0 Å². The Kier molecular flexibility index (Phi) is 7.35. The van der Waals surface area contributed by atoms with Crippen LogP contribution in [0.3, 0.4) is 0 Å². The average Bonchev–Trinajstić information content (AvgIpc) is 2.83. The van der Waals surface area contributed by atoms with Crippen LogP contribution in [0.5, 0.6) is 23.0 Å². The van der Waals surface area contributed by atoms with Gasteiger partial charge in [0.15, 0.2) is 23.0 Å². The minimum Gasteiger partial charge on any atom is -0.493 e. The molecule has 0 saturated heterocycles. The fourth-order valence-corrected chi connectivity index (χ4v) is 4.35. The lowest BCUT2D eigenvalue weighted by atomic mass is 9.95. The molecule has 3 aromatic rings. The Morgan fingerprint density at radius 2 is 1.47 bits per heavy atom. The third kappa shape index (κ3) is 4.26. The van der Waals surface area contributed by atoms with Gasteiger partial charge in [-0.25, -0.2) is 4.79 Å². The molecule has 0 bridgehead atoms. The van der Waals surface area contributed by atoms with Crippen molar-refractivity contribution in [3.8, 4) is 34.1 Å². The van der Waals surface area contributed by atoms with Crippen LogP contribution in [0.1, 0.15) is 10.5 Å². The van der Waals surface area contributed by atoms with Crippen LogP contribution < -0.4 is 30.2 Å². The molecule has 34 heavy (non-hydrogen) atoms. The van der Waals surface area contributed by atoms with E-state index in [1.807, 2.05) is 0 Å². The number of methoxy groups -OCH3 is 5. The third-order valence-electron chi connectivity index (χ3n) is 5.19. The van der Waals surface area contributed by atoms with Gasteiger partial charge in [0.2, 0.25) is 5.91 Å². The number of amides is 1. The fourth-order valence-electron chi connectivity index (χ4n) is 3.74. The summed E-state index contributed by atoms with van der Waals surface area (Å²) in [6.45, 7) is -0.547. The lowest BCUT2D eigenvalue weighted by Crippen LogP contribution is -2.33. The summed E-state index contributed by atoms with van der Waals surface area (Å²) in [5, 5.41) is 0.537. The first-order valence-electron chi connectivity index (χ1n) is 9.83. The topological polar surface area (TPSA) is 128 Å². The zero-order valence-electron chi connectivity index (χ0n) is 19.2. The van der Waals surface area contributed by atoms with Crippen LogP contribution in [-0.4, -0.2) is 52.0 Å². The molecular weight excluding hydrogens is 512 g/mol. The summed E-state index contributed by atoms with van der Waals surface area (Å²) < 4.78 is 28.1. The summed E-state index contributed by atoms with van der Waals surface area (Å²) in [6, 6.07) is 6.39. The third-order valence-corrected chi connectivity index (χ3v) is 5.78. The molecule has 1 aromatic heterocycles. The predicted molar refractivity (Wildman–Crippen MR) is 128 cm³/mol. The summed E-state index contributed by atoms with van der Waals surface area (Å²) in [5.74, 6) is -0.229. The molecule has 2 N–H and O–H groups in total. The Bertz CT molecular complexity index is 1350. The molecule has 2 aromatic carbocycles. The summed E-state index contributed by atoms with van der Waals surface area (Å²) >= 11 is 3.45. The van der Waals surface area contributed by atoms with Gasteiger partial charge in [-0.15, -0.1) is 0 Å². The van der Waals surface area contributed by atoms with Crippen LogP contribution in [0.25, 0.3) is 21.9 Å². The normalized spacial score (nSPS) is 10.6. The van der Waals surface area contributed by atoms with Gasteiger partial charge in [0.1, 0.15) is 12.2 Å². The maximum absolute atomic E-state index is 13.4. The molecule has 0 fully saturated rings. The molecule has 10 nitrogen and oxygen atoms in total. The lowest BCUT2D eigenvalue weighted by molar-refractivity contribution is -0.118.